The van der Waals surface area contributed by atoms with Gasteiger partial charge in [0.2, 0.25) is 11.8 Å². The van der Waals surface area contributed by atoms with E-state index in [0.29, 0.717) is 0 Å². The molecule has 10 nitrogen and oxygen atoms in total. The first-order valence-electron chi connectivity index (χ1n) is 4.61. The van der Waals surface area contributed by atoms with E-state index < -0.39 is 35.8 Å². The standard InChI is InChI=1S/2C4H8N2O3.Cu/c2*5-2(4(8)9)1-3(6)7;/h2*2H,1,5H2,(H2,6,7)(H,8,9);. The van der Waals surface area contributed by atoms with E-state index in [1.165, 1.54) is 0 Å². The molecule has 0 spiro atoms. The molecule has 1 radical (unpaired) electrons. The Kier molecular flexibility index (Phi) is 13.5. The van der Waals surface area contributed by atoms with Crippen molar-refractivity contribution in [1.29, 1.82) is 0 Å². The van der Waals surface area contributed by atoms with Crippen molar-refractivity contribution >= 4 is 23.8 Å². The average molecular weight is 328 g/mol. The first kappa shape index (κ1) is 22.5. The third-order valence-corrected chi connectivity index (χ3v) is 1.48. The van der Waals surface area contributed by atoms with Gasteiger partial charge < -0.3 is 33.1 Å². The van der Waals surface area contributed by atoms with E-state index >= 15 is 0 Å². The molecule has 0 aromatic rings. The molecule has 0 fully saturated rings. The van der Waals surface area contributed by atoms with Crippen molar-refractivity contribution in [3.8, 4) is 0 Å². The van der Waals surface area contributed by atoms with Crippen LogP contribution in [0, 0.1) is 0 Å². The van der Waals surface area contributed by atoms with Crippen molar-refractivity contribution in [2.24, 2.45) is 22.9 Å². The molecule has 0 aliphatic carbocycles. The van der Waals surface area contributed by atoms with Gasteiger partial charge in [0, 0.05) is 17.1 Å². The minimum Gasteiger partial charge on any atom is -0.480 e. The van der Waals surface area contributed by atoms with E-state index in [2.05, 4.69) is 11.5 Å². The third kappa shape index (κ3) is 16.3. The molecule has 0 heterocycles. The molecule has 2 unspecified atom stereocenters. The van der Waals surface area contributed by atoms with Crippen LogP contribution in [-0.2, 0) is 36.2 Å². The van der Waals surface area contributed by atoms with Gasteiger partial charge in [-0.25, -0.2) is 0 Å². The average Bonchev–Trinajstić information content (AvgIpc) is 2.16. The summed E-state index contributed by atoms with van der Waals surface area (Å²) < 4.78 is 0. The molecule has 0 saturated carbocycles. The van der Waals surface area contributed by atoms with Gasteiger partial charge in [-0.2, -0.15) is 0 Å². The van der Waals surface area contributed by atoms with Crippen molar-refractivity contribution in [2.75, 3.05) is 0 Å². The van der Waals surface area contributed by atoms with Crippen LogP contribution >= 0.6 is 0 Å². The summed E-state index contributed by atoms with van der Waals surface area (Å²) in [6, 6.07) is -2.33. The van der Waals surface area contributed by atoms with Crippen LogP contribution in [0.25, 0.3) is 0 Å². The van der Waals surface area contributed by atoms with E-state index in [1.807, 2.05) is 0 Å². The molecular formula is C8H16CuN4O6. The summed E-state index contributed by atoms with van der Waals surface area (Å²) in [6.45, 7) is 0. The van der Waals surface area contributed by atoms with Crippen molar-refractivity contribution in [2.45, 2.75) is 24.9 Å². The zero-order valence-corrected chi connectivity index (χ0v) is 10.6. The Labute approximate surface area is 118 Å². The second kappa shape index (κ2) is 11.4. The Morgan fingerprint density at radius 3 is 1.05 bits per heavy atom. The van der Waals surface area contributed by atoms with Crippen molar-refractivity contribution < 1.29 is 46.5 Å². The fourth-order valence-corrected chi connectivity index (χ4v) is 0.608. The zero-order chi connectivity index (χ0) is 14.9. The van der Waals surface area contributed by atoms with Gasteiger partial charge in [0.05, 0.1) is 12.8 Å². The van der Waals surface area contributed by atoms with E-state index in [9.17, 15) is 19.2 Å². The van der Waals surface area contributed by atoms with Crippen LogP contribution in [-0.4, -0.2) is 46.0 Å². The van der Waals surface area contributed by atoms with Gasteiger partial charge in [0.25, 0.3) is 0 Å². The summed E-state index contributed by atoms with van der Waals surface area (Å²) in [5.41, 5.74) is 19.1. The predicted octanol–water partition coefficient (Wildman–Crippen LogP) is -3.46. The molecule has 0 rings (SSSR count). The molecule has 115 valence electrons. The van der Waals surface area contributed by atoms with Crippen molar-refractivity contribution in [3.05, 3.63) is 0 Å². The first-order chi connectivity index (χ1) is 8.07. The topological polar surface area (TPSA) is 213 Å². The Balaban J connectivity index is -0.000000256. The van der Waals surface area contributed by atoms with Crippen LogP contribution in [0.15, 0.2) is 0 Å². The Hall–Kier alpha value is -1.68. The fourth-order valence-electron chi connectivity index (χ4n) is 0.608. The van der Waals surface area contributed by atoms with Gasteiger partial charge in [-0.3, -0.25) is 19.2 Å². The van der Waals surface area contributed by atoms with E-state index in [4.69, 9.17) is 21.7 Å². The minimum atomic E-state index is -1.21. The molecule has 11 heteroatoms. The predicted molar refractivity (Wildman–Crippen MR) is 58.8 cm³/mol. The monoisotopic (exact) mass is 327 g/mol. The molecule has 0 aromatic heterocycles. The molecule has 2 atom stereocenters. The van der Waals surface area contributed by atoms with Gasteiger partial charge >= 0.3 is 11.9 Å². The van der Waals surface area contributed by atoms with Crippen LogP contribution in [0.2, 0.25) is 0 Å². The second-order valence-electron chi connectivity index (χ2n) is 3.23. The number of hydrogen-bond acceptors (Lipinski definition) is 6. The maximum absolute atomic E-state index is 9.99. The van der Waals surface area contributed by atoms with E-state index in [1.54, 1.807) is 0 Å². The quantitative estimate of drug-likeness (QED) is 0.269. The summed E-state index contributed by atoms with van der Waals surface area (Å²) in [7, 11) is 0. The van der Waals surface area contributed by atoms with Gasteiger partial charge in [0.15, 0.2) is 0 Å². The number of carboxylic acids is 2. The van der Waals surface area contributed by atoms with Gasteiger partial charge in [-0.1, -0.05) is 0 Å². The number of aliphatic carboxylic acids is 2. The van der Waals surface area contributed by atoms with E-state index in [-0.39, 0.29) is 29.9 Å². The molecule has 0 bridgehead atoms. The molecule has 19 heavy (non-hydrogen) atoms. The normalized spacial score (nSPS) is 11.9. The van der Waals surface area contributed by atoms with Crippen LogP contribution in [0.1, 0.15) is 12.8 Å². The maximum Gasteiger partial charge on any atom is 0.321 e. The van der Waals surface area contributed by atoms with Gasteiger partial charge in [-0.15, -0.1) is 0 Å². The number of amides is 2. The number of carbonyl (C=O) groups excluding carboxylic acids is 2. The van der Waals surface area contributed by atoms with Gasteiger partial charge in [-0.05, 0) is 0 Å². The fraction of sp³-hybridized carbons (Fsp3) is 0.500. The summed E-state index contributed by atoms with van der Waals surface area (Å²) in [5, 5.41) is 16.2. The molecule has 0 saturated heterocycles. The molecule has 0 aliphatic rings. The summed E-state index contributed by atoms with van der Waals surface area (Å²) >= 11 is 0. The van der Waals surface area contributed by atoms with Crippen LogP contribution in [0.4, 0.5) is 0 Å². The second-order valence-corrected chi connectivity index (χ2v) is 3.23. The Morgan fingerprint density at radius 2 is 1.00 bits per heavy atom. The van der Waals surface area contributed by atoms with Crippen LogP contribution in [0.3, 0.4) is 0 Å². The smallest absolute Gasteiger partial charge is 0.321 e. The van der Waals surface area contributed by atoms with Gasteiger partial charge in [0.1, 0.15) is 12.1 Å². The number of primary amides is 2. The van der Waals surface area contributed by atoms with Crippen LogP contribution in [0.5, 0.6) is 0 Å². The minimum absolute atomic E-state index is 0. The number of carbonyl (C=O) groups is 4. The van der Waals surface area contributed by atoms with E-state index in [0.717, 1.165) is 0 Å². The van der Waals surface area contributed by atoms with Crippen molar-refractivity contribution in [1.82, 2.24) is 0 Å². The third-order valence-electron chi connectivity index (χ3n) is 1.48. The number of rotatable bonds is 6. The maximum atomic E-state index is 9.99. The molecule has 0 aromatic carbocycles. The largest absolute Gasteiger partial charge is 0.480 e. The molecular weight excluding hydrogens is 312 g/mol. The summed E-state index contributed by atoms with van der Waals surface area (Å²) in [5.74, 6) is -3.84. The number of carboxylic acid groups (broad SMARTS) is 2. The zero-order valence-electron chi connectivity index (χ0n) is 9.71. The number of hydrogen-bond donors (Lipinski definition) is 6. The SMILES string of the molecule is NC(=O)CC(N)C(=O)O.NC(=O)CC(N)C(=O)O.[Cu]. The Bertz CT molecular complexity index is 305. The first-order valence-corrected chi connectivity index (χ1v) is 4.61. The molecule has 2 amide bonds. The van der Waals surface area contributed by atoms with Crippen LogP contribution < -0.4 is 22.9 Å². The summed E-state index contributed by atoms with van der Waals surface area (Å²) in [4.78, 5) is 39.8. The number of nitrogens with two attached hydrogens (primary N) is 4. The summed E-state index contributed by atoms with van der Waals surface area (Å²) in [6.07, 6.45) is -0.620. The van der Waals surface area contributed by atoms with Crippen molar-refractivity contribution in [3.63, 3.8) is 0 Å². The molecule has 10 N–H and O–H groups in total. The molecule has 0 aliphatic heterocycles. The Morgan fingerprint density at radius 1 is 0.789 bits per heavy atom.